The minimum absolute atomic E-state index is 0.114. The number of benzene rings is 2. The van der Waals surface area contributed by atoms with Crippen molar-refractivity contribution in [3.63, 3.8) is 0 Å². The quantitative estimate of drug-likeness (QED) is 0.285. The second-order valence-electron chi connectivity index (χ2n) is 7.05. The summed E-state index contributed by atoms with van der Waals surface area (Å²) in [5, 5.41) is 5.37. The van der Waals surface area contributed by atoms with Crippen molar-refractivity contribution in [1.29, 1.82) is 0 Å². The first kappa shape index (κ1) is 27.6. The third-order valence-corrected chi connectivity index (χ3v) is 11.7. The van der Waals surface area contributed by atoms with Crippen LogP contribution in [-0.4, -0.2) is 75.3 Å². The van der Waals surface area contributed by atoms with Crippen molar-refractivity contribution in [3.8, 4) is 0 Å². The average molecular weight is 598 g/mol. The number of esters is 2. The predicted octanol–water partition coefficient (Wildman–Crippen LogP) is 0.324. The van der Waals surface area contributed by atoms with E-state index in [0.717, 1.165) is 8.92 Å². The van der Waals surface area contributed by atoms with Gasteiger partial charge >= 0.3 is 211 Å². The number of amides is 2. The zero-order chi connectivity index (χ0) is 25.1. The molecule has 2 unspecified atom stereocenters. The van der Waals surface area contributed by atoms with Crippen LogP contribution in [0.2, 0.25) is 0 Å². The van der Waals surface area contributed by atoms with Crippen molar-refractivity contribution in [2.75, 3.05) is 13.2 Å². The van der Waals surface area contributed by atoms with Crippen LogP contribution < -0.4 is 19.6 Å². The molecule has 2 amide bonds. The van der Waals surface area contributed by atoms with E-state index in [0.29, 0.717) is 11.1 Å². The Morgan fingerprint density at radius 3 is 1.41 bits per heavy atom. The Morgan fingerprint density at radius 2 is 1.06 bits per heavy atom. The molecule has 8 nitrogen and oxygen atoms in total. The molecule has 2 aromatic rings. The summed E-state index contributed by atoms with van der Waals surface area (Å²) in [6, 6.07) is 13.0. The topological polar surface area (TPSA) is 111 Å². The van der Waals surface area contributed by atoms with Crippen LogP contribution >= 0.6 is 0 Å². The summed E-state index contributed by atoms with van der Waals surface area (Å²) in [7, 11) is 0. The molecule has 0 heterocycles. The maximum atomic E-state index is 12.8. The third kappa shape index (κ3) is 7.99. The third-order valence-electron chi connectivity index (χ3n) is 4.46. The number of carbonyl (C=O) groups is 4. The summed E-state index contributed by atoms with van der Waals surface area (Å²) in [5.41, 5.74) is 0.997. The van der Waals surface area contributed by atoms with Gasteiger partial charge in [-0.25, -0.2) is 0 Å². The van der Waals surface area contributed by atoms with Gasteiger partial charge in [-0.1, -0.05) is 0 Å². The summed E-state index contributed by atoms with van der Waals surface area (Å²) in [6.07, 6.45) is 0. The van der Waals surface area contributed by atoms with E-state index in [-0.39, 0.29) is 51.3 Å². The number of nitrogens with one attached hydrogen (secondary N) is 2. The summed E-state index contributed by atoms with van der Waals surface area (Å²) in [6.45, 7) is 7.07. The van der Waals surface area contributed by atoms with E-state index >= 15 is 0 Å². The molecule has 0 saturated carbocycles. The Bertz CT molecular complexity index is 949. The van der Waals surface area contributed by atoms with Crippen LogP contribution in [0.15, 0.2) is 48.5 Å². The summed E-state index contributed by atoms with van der Waals surface area (Å²) in [5.74, 6) is -1.66. The molecule has 0 aliphatic carbocycles. The molecule has 2 rings (SSSR count). The van der Waals surface area contributed by atoms with Gasteiger partial charge in [0.25, 0.3) is 0 Å². The fourth-order valence-electron chi connectivity index (χ4n) is 2.74. The van der Waals surface area contributed by atoms with Crippen molar-refractivity contribution >= 4 is 58.9 Å². The second-order valence-corrected chi connectivity index (χ2v) is 13.2. The number of hydrogen-bond donors (Lipinski definition) is 2. The van der Waals surface area contributed by atoms with E-state index in [1.54, 1.807) is 52.0 Å². The van der Waals surface area contributed by atoms with Crippen molar-refractivity contribution in [3.05, 3.63) is 59.7 Å². The minimum atomic E-state index is -0.760. The van der Waals surface area contributed by atoms with Gasteiger partial charge in [-0.2, -0.15) is 0 Å². The van der Waals surface area contributed by atoms with Gasteiger partial charge in [0.15, 0.2) is 0 Å². The van der Waals surface area contributed by atoms with Crippen molar-refractivity contribution < 1.29 is 28.7 Å². The normalized spacial score (nSPS) is 12.2. The molecule has 0 spiro atoms. The molecule has 0 radical (unpaired) electrons. The molecule has 0 aliphatic heterocycles. The Labute approximate surface area is 210 Å². The van der Waals surface area contributed by atoms with Crippen LogP contribution in [0.3, 0.4) is 0 Å². The number of hydrogen-bond acceptors (Lipinski definition) is 6. The molecule has 10 heteroatoms. The predicted molar refractivity (Wildman–Crippen MR) is 131 cm³/mol. The van der Waals surface area contributed by atoms with Crippen molar-refractivity contribution in [2.24, 2.45) is 0 Å². The van der Waals surface area contributed by atoms with Gasteiger partial charge in [0.1, 0.15) is 0 Å². The van der Waals surface area contributed by atoms with Crippen molar-refractivity contribution in [2.45, 2.75) is 39.8 Å². The van der Waals surface area contributed by atoms with Crippen LogP contribution in [0.25, 0.3) is 0 Å². The van der Waals surface area contributed by atoms with Gasteiger partial charge in [0, 0.05) is 0 Å². The first-order valence-corrected chi connectivity index (χ1v) is 16.8. The SMILES string of the molecule is CCOC(=O)C(C)NC(=O)c1ccccc1[Se][Se]c1ccccc1C(=O)NC(C)C(=O)OCC. The summed E-state index contributed by atoms with van der Waals surface area (Å²) < 4.78 is 11.7. The Hall–Kier alpha value is -2.64. The van der Waals surface area contributed by atoms with Crippen molar-refractivity contribution in [1.82, 2.24) is 10.6 Å². The molecule has 0 fully saturated rings. The molecule has 0 aromatic heterocycles. The van der Waals surface area contributed by atoms with Crippen LogP contribution in [0.5, 0.6) is 0 Å². The molecule has 182 valence electrons. The van der Waals surface area contributed by atoms with Crippen LogP contribution in [0.4, 0.5) is 0 Å². The fourth-order valence-corrected chi connectivity index (χ4v) is 9.86. The molecular formula is C24H28N2O6Se2. The number of rotatable bonds is 11. The summed E-state index contributed by atoms with van der Waals surface area (Å²) >= 11 is -0.228. The van der Waals surface area contributed by atoms with Gasteiger partial charge < -0.3 is 0 Å². The molecule has 0 aliphatic rings. The standard InChI is InChI=1S/C24H28N2O6Se2/c1-5-31-23(29)15(3)25-21(27)17-11-7-9-13-19(17)33-34-20-14-10-8-12-18(20)22(28)26-16(4)24(30)32-6-2/h7-16H,5-6H2,1-4H3,(H,25,27)(H,26,28). The van der Waals surface area contributed by atoms with E-state index in [1.807, 2.05) is 24.3 Å². The number of carbonyl (C=O) groups excluding carboxylic acids is 4. The average Bonchev–Trinajstić information content (AvgIpc) is 2.83. The van der Waals surface area contributed by atoms with E-state index in [2.05, 4.69) is 10.6 Å². The van der Waals surface area contributed by atoms with Gasteiger partial charge in [0.05, 0.1) is 0 Å². The Kier molecular flexibility index (Phi) is 11.3. The van der Waals surface area contributed by atoms with Gasteiger partial charge in [-0.05, 0) is 0 Å². The molecule has 34 heavy (non-hydrogen) atoms. The zero-order valence-corrected chi connectivity index (χ0v) is 22.9. The summed E-state index contributed by atoms with van der Waals surface area (Å²) in [4.78, 5) is 49.3. The maximum absolute atomic E-state index is 12.8. The van der Waals surface area contributed by atoms with E-state index < -0.39 is 24.0 Å². The first-order chi connectivity index (χ1) is 16.3. The second kappa shape index (κ2) is 13.9. The number of ether oxygens (including phenoxy) is 2. The Balaban J connectivity index is 2.12. The first-order valence-electron chi connectivity index (χ1n) is 10.8. The van der Waals surface area contributed by atoms with Gasteiger partial charge in [-0.3, -0.25) is 0 Å². The van der Waals surface area contributed by atoms with E-state index in [1.165, 1.54) is 0 Å². The molecule has 0 bridgehead atoms. The fraction of sp³-hybridized carbons (Fsp3) is 0.333. The molecular weight excluding hydrogens is 570 g/mol. The molecule has 2 N–H and O–H groups in total. The van der Waals surface area contributed by atoms with Crippen LogP contribution in [0.1, 0.15) is 48.4 Å². The Morgan fingerprint density at radius 1 is 0.706 bits per heavy atom. The van der Waals surface area contributed by atoms with E-state index in [4.69, 9.17) is 9.47 Å². The van der Waals surface area contributed by atoms with Crippen LogP contribution in [-0.2, 0) is 19.1 Å². The molecule has 0 saturated heterocycles. The van der Waals surface area contributed by atoms with Gasteiger partial charge in [0.2, 0.25) is 0 Å². The van der Waals surface area contributed by atoms with Crippen LogP contribution in [0, 0.1) is 0 Å². The molecule has 2 aromatic carbocycles. The molecule has 2 atom stereocenters. The van der Waals surface area contributed by atoms with E-state index in [9.17, 15) is 19.2 Å². The monoisotopic (exact) mass is 600 g/mol. The zero-order valence-electron chi connectivity index (χ0n) is 19.5. The van der Waals surface area contributed by atoms with Gasteiger partial charge in [-0.15, -0.1) is 0 Å².